The molecule has 1 heterocycles. The average Bonchev–Trinajstić information content (AvgIpc) is 2.42. The highest BCUT2D eigenvalue weighted by molar-refractivity contribution is 5.55. The largest absolute Gasteiger partial charge is 0.368 e. The molecule has 2 nitrogen and oxygen atoms in total. The third kappa shape index (κ3) is 4.19. The van der Waals surface area contributed by atoms with Gasteiger partial charge in [0.25, 0.3) is 0 Å². The summed E-state index contributed by atoms with van der Waals surface area (Å²) in [5, 5.41) is 3.44. The van der Waals surface area contributed by atoms with E-state index in [2.05, 4.69) is 37.9 Å². The molecule has 118 valence electrons. The molecular weight excluding hydrogens is 263 g/mol. The van der Waals surface area contributed by atoms with E-state index in [1.807, 2.05) is 6.07 Å². The summed E-state index contributed by atoms with van der Waals surface area (Å²) >= 11 is 0. The van der Waals surface area contributed by atoms with Crippen molar-refractivity contribution in [1.29, 1.82) is 0 Å². The Morgan fingerprint density at radius 3 is 2.81 bits per heavy atom. The molecule has 1 aliphatic rings. The smallest absolute Gasteiger partial charge is 0.123 e. The molecule has 0 aromatic heterocycles. The second-order valence-corrected chi connectivity index (χ2v) is 6.85. The van der Waals surface area contributed by atoms with E-state index in [0.29, 0.717) is 17.9 Å². The molecule has 2 rings (SSSR count). The molecule has 0 bridgehead atoms. The maximum Gasteiger partial charge on any atom is 0.123 e. The van der Waals surface area contributed by atoms with Crippen molar-refractivity contribution < 1.29 is 4.39 Å². The first-order valence-corrected chi connectivity index (χ1v) is 8.24. The first-order chi connectivity index (χ1) is 9.99. The number of halogens is 1. The van der Waals surface area contributed by atoms with Gasteiger partial charge < -0.3 is 10.2 Å². The first-order valence-electron chi connectivity index (χ1n) is 8.24. The lowest BCUT2D eigenvalue weighted by molar-refractivity contribution is 0.362. The maximum absolute atomic E-state index is 13.6. The second kappa shape index (κ2) is 7.26. The Balaban J connectivity index is 2.17. The van der Waals surface area contributed by atoms with E-state index >= 15 is 0 Å². The summed E-state index contributed by atoms with van der Waals surface area (Å²) in [6.45, 7) is 11.8. The maximum atomic E-state index is 13.6. The number of nitrogens with zero attached hydrogens (tertiary/aromatic N) is 1. The summed E-state index contributed by atoms with van der Waals surface area (Å²) in [5.74, 6) is 1.16. The summed E-state index contributed by atoms with van der Waals surface area (Å²) in [4.78, 5) is 2.46. The molecule has 21 heavy (non-hydrogen) atoms. The number of hydrogen-bond acceptors (Lipinski definition) is 2. The molecule has 2 unspecified atom stereocenters. The molecule has 1 aromatic carbocycles. The van der Waals surface area contributed by atoms with Gasteiger partial charge in [-0.2, -0.15) is 0 Å². The van der Waals surface area contributed by atoms with Gasteiger partial charge in [0.1, 0.15) is 5.82 Å². The molecule has 0 aliphatic carbocycles. The number of rotatable bonds is 5. The monoisotopic (exact) mass is 292 g/mol. The van der Waals surface area contributed by atoms with Gasteiger partial charge in [0, 0.05) is 24.8 Å². The number of nitrogens with one attached hydrogen (secondary N) is 1. The van der Waals surface area contributed by atoms with E-state index in [1.165, 1.54) is 18.5 Å². The van der Waals surface area contributed by atoms with E-state index in [9.17, 15) is 4.39 Å². The fourth-order valence-electron chi connectivity index (χ4n) is 3.15. The Kier molecular flexibility index (Phi) is 5.63. The van der Waals surface area contributed by atoms with Gasteiger partial charge in [-0.15, -0.1) is 0 Å². The summed E-state index contributed by atoms with van der Waals surface area (Å²) in [5.41, 5.74) is 2.28. The van der Waals surface area contributed by atoms with Gasteiger partial charge in [0.15, 0.2) is 0 Å². The lowest BCUT2D eigenvalue weighted by Gasteiger charge is -2.40. The van der Waals surface area contributed by atoms with E-state index in [1.54, 1.807) is 12.1 Å². The van der Waals surface area contributed by atoms with Gasteiger partial charge in [0.2, 0.25) is 0 Å². The Bertz CT molecular complexity index is 459. The highest BCUT2D eigenvalue weighted by Gasteiger charge is 2.26. The molecule has 0 saturated carbocycles. The third-order valence-electron chi connectivity index (χ3n) is 4.59. The normalized spacial score (nSPS) is 22.9. The molecule has 1 fully saturated rings. The SMILES string of the molecule is CC(C)CNCc1cc(F)ccc1N1CCCC(C)C1C. The predicted octanol–water partition coefficient (Wildman–Crippen LogP) is 4.20. The lowest BCUT2D eigenvalue weighted by atomic mass is 9.91. The number of piperidine rings is 1. The van der Waals surface area contributed by atoms with Crippen LogP contribution in [0.2, 0.25) is 0 Å². The fraction of sp³-hybridized carbons (Fsp3) is 0.667. The molecule has 1 saturated heterocycles. The van der Waals surface area contributed by atoms with E-state index in [0.717, 1.165) is 25.2 Å². The molecule has 1 N–H and O–H groups in total. The minimum Gasteiger partial charge on any atom is -0.368 e. The zero-order valence-corrected chi connectivity index (χ0v) is 13.8. The third-order valence-corrected chi connectivity index (χ3v) is 4.59. The van der Waals surface area contributed by atoms with E-state index in [-0.39, 0.29) is 5.82 Å². The minimum absolute atomic E-state index is 0.141. The molecule has 2 atom stereocenters. The number of hydrogen-bond donors (Lipinski definition) is 1. The summed E-state index contributed by atoms with van der Waals surface area (Å²) in [7, 11) is 0. The van der Waals surface area contributed by atoms with Crippen LogP contribution in [0.25, 0.3) is 0 Å². The minimum atomic E-state index is -0.141. The molecule has 0 spiro atoms. The highest BCUT2D eigenvalue weighted by Crippen LogP contribution is 2.31. The van der Waals surface area contributed by atoms with Gasteiger partial charge in [-0.3, -0.25) is 0 Å². The van der Waals surface area contributed by atoms with Crippen LogP contribution in [-0.4, -0.2) is 19.1 Å². The van der Waals surface area contributed by atoms with Gasteiger partial charge in [-0.25, -0.2) is 4.39 Å². The van der Waals surface area contributed by atoms with Crippen LogP contribution in [0.4, 0.5) is 10.1 Å². The standard InChI is InChI=1S/C18H29FN2/c1-13(2)11-20-12-16-10-17(19)7-8-18(16)21-9-5-6-14(3)15(21)4/h7-8,10,13-15,20H,5-6,9,11-12H2,1-4H3. The van der Waals surface area contributed by atoms with Gasteiger partial charge in [-0.1, -0.05) is 20.8 Å². The van der Waals surface area contributed by atoms with Crippen molar-refractivity contribution in [1.82, 2.24) is 5.32 Å². The van der Waals surface area contributed by atoms with Crippen molar-refractivity contribution >= 4 is 5.69 Å². The van der Waals surface area contributed by atoms with Crippen molar-refractivity contribution in [3.63, 3.8) is 0 Å². The van der Waals surface area contributed by atoms with Crippen molar-refractivity contribution in [3.05, 3.63) is 29.6 Å². The summed E-state index contributed by atoms with van der Waals surface area (Å²) in [6.07, 6.45) is 2.52. The Morgan fingerprint density at radius 1 is 1.33 bits per heavy atom. The average molecular weight is 292 g/mol. The van der Waals surface area contributed by atoms with Crippen molar-refractivity contribution in [3.8, 4) is 0 Å². The zero-order valence-electron chi connectivity index (χ0n) is 13.8. The Hall–Kier alpha value is -1.09. The van der Waals surface area contributed by atoms with Crippen LogP contribution in [0.5, 0.6) is 0 Å². The van der Waals surface area contributed by atoms with Gasteiger partial charge >= 0.3 is 0 Å². The molecule has 1 aromatic rings. The molecule has 0 radical (unpaired) electrons. The first kappa shape index (κ1) is 16.3. The van der Waals surface area contributed by atoms with Gasteiger partial charge in [0.05, 0.1) is 0 Å². The Morgan fingerprint density at radius 2 is 2.10 bits per heavy atom. The van der Waals surface area contributed by atoms with Crippen LogP contribution in [0.3, 0.4) is 0 Å². The molecule has 3 heteroatoms. The Labute approximate surface area is 128 Å². The quantitative estimate of drug-likeness (QED) is 0.875. The molecule has 0 amide bonds. The highest BCUT2D eigenvalue weighted by atomic mass is 19.1. The molecule has 1 aliphatic heterocycles. The topological polar surface area (TPSA) is 15.3 Å². The van der Waals surface area contributed by atoms with E-state index in [4.69, 9.17) is 0 Å². The van der Waals surface area contributed by atoms with Crippen molar-refractivity contribution in [2.75, 3.05) is 18.0 Å². The summed E-state index contributed by atoms with van der Waals surface area (Å²) < 4.78 is 13.6. The fourth-order valence-corrected chi connectivity index (χ4v) is 3.15. The van der Waals surface area contributed by atoms with Crippen LogP contribution >= 0.6 is 0 Å². The van der Waals surface area contributed by atoms with Crippen LogP contribution in [0, 0.1) is 17.7 Å². The van der Waals surface area contributed by atoms with Crippen LogP contribution in [0.15, 0.2) is 18.2 Å². The zero-order chi connectivity index (χ0) is 15.4. The predicted molar refractivity (Wildman–Crippen MR) is 88.2 cm³/mol. The van der Waals surface area contributed by atoms with Crippen LogP contribution in [-0.2, 0) is 6.54 Å². The summed E-state index contributed by atoms with van der Waals surface area (Å²) in [6, 6.07) is 5.76. The second-order valence-electron chi connectivity index (χ2n) is 6.85. The van der Waals surface area contributed by atoms with Crippen LogP contribution < -0.4 is 10.2 Å². The lowest BCUT2D eigenvalue weighted by Crippen LogP contribution is -2.43. The van der Waals surface area contributed by atoms with Crippen molar-refractivity contribution in [2.45, 2.75) is 53.1 Å². The van der Waals surface area contributed by atoms with Crippen LogP contribution in [0.1, 0.15) is 46.1 Å². The number of anilines is 1. The van der Waals surface area contributed by atoms with E-state index < -0.39 is 0 Å². The van der Waals surface area contributed by atoms with Crippen molar-refractivity contribution in [2.24, 2.45) is 11.8 Å². The molecular formula is C18H29FN2. The number of benzene rings is 1. The van der Waals surface area contributed by atoms with Gasteiger partial charge in [-0.05, 0) is 61.9 Å².